The smallest absolute Gasteiger partial charge is 0.225 e. The van der Waals surface area contributed by atoms with Gasteiger partial charge in [0.25, 0.3) is 0 Å². The lowest BCUT2D eigenvalue weighted by Crippen LogP contribution is -2.36. The molecule has 3 heterocycles. The van der Waals surface area contributed by atoms with E-state index in [-0.39, 0.29) is 0 Å². The third-order valence-corrected chi connectivity index (χ3v) is 3.87. The molecule has 5 nitrogen and oxygen atoms in total. The molecule has 1 atom stereocenters. The van der Waals surface area contributed by atoms with Crippen LogP contribution in [0.5, 0.6) is 0 Å². The maximum atomic E-state index is 4.63. The Labute approximate surface area is 125 Å². The summed E-state index contributed by atoms with van der Waals surface area (Å²) in [7, 11) is 0. The summed E-state index contributed by atoms with van der Waals surface area (Å²) in [5.74, 6) is 1.26. The highest BCUT2D eigenvalue weighted by Crippen LogP contribution is 2.27. The fraction of sp³-hybridized carbons (Fsp3) is 0.500. The minimum atomic E-state index is 0.413. The van der Waals surface area contributed by atoms with Crippen LogP contribution in [-0.2, 0) is 0 Å². The Balaban J connectivity index is 1.82. The Morgan fingerprint density at radius 2 is 1.76 bits per heavy atom. The van der Waals surface area contributed by atoms with Crippen molar-refractivity contribution in [1.29, 1.82) is 0 Å². The molecule has 2 aromatic rings. The van der Waals surface area contributed by atoms with Gasteiger partial charge in [-0.25, -0.2) is 9.97 Å². The van der Waals surface area contributed by atoms with E-state index in [1.807, 2.05) is 33.0 Å². The molecule has 0 radical (unpaired) electrons. The molecule has 5 heteroatoms. The number of aromatic nitrogens is 4. The Morgan fingerprint density at radius 3 is 2.48 bits per heavy atom. The molecule has 110 valence electrons. The van der Waals surface area contributed by atoms with Crippen LogP contribution in [0.3, 0.4) is 0 Å². The van der Waals surface area contributed by atoms with Crippen LogP contribution in [-0.4, -0.2) is 33.0 Å². The van der Waals surface area contributed by atoms with Gasteiger partial charge in [-0.3, -0.25) is 9.97 Å². The summed E-state index contributed by atoms with van der Waals surface area (Å²) in [5.41, 5.74) is 4.11. The van der Waals surface area contributed by atoms with Crippen molar-refractivity contribution in [2.45, 2.75) is 39.5 Å². The van der Waals surface area contributed by atoms with Gasteiger partial charge >= 0.3 is 0 Å². The average molecular weight is 283 g/mol. The molecule has 0 bridgehead atoms. The van der Waals surface area contributed by atoms with Gasteiger partial charge in [0, 0.05) is 42.8 Å². The molecule has 0 spiro atoms. The number of aryl methyl sites for hydroxylation is 3. The van der Waals surface area contributed by atoms with Gasteiger partial charge in [-0.15, -0.1) is 0 Å². The summed E-state index contributed by atoms with van der Waals surface area (Å²) >= 11 is 0. The summed E-state index contributed by atoms with van der Waals surface area (Å²) in [6.45, 7) is 7.96. The maximum absolute atomic E-state index is 4.63. The molecule has 0 N–H and O–H groups in total. The Bertz CT molecular complexity index is 620. The quantitative estimate of drug-likeness (QED) is 0.848. The molecule has 1 fully saturated rings. The maximum Gasteiger partial charge on any atom is 0.225 e. The first kappa shape index (κ1) is 13.9. The van der Waals surface area contributed by atoms with Crippen LogP contribution in [0.2, 0.25) is 0 Å². The van der Waals surface area contributed by atoms with Crippen LogP contribution >= 0.6 is 0 Å². The van der Waals surface area contributed by atoms with Gasteiger partial charge in [0.1, 0.15) is 0 Å². The van der Waals surface area contributed by atoms with Crippen molar-refractivity contribution < 1.29 is 0 Å². The zero-order valence-corrected chi connectivity index (χ0v) is 12.9. The summed E-state index contributed by atoms with van der Waals surface area (Å²) in [4.78, 5) is 20.3. The lowest BCUT2D eigenvalue weighted by atomic mass is 9.95. The van der Waals surface area contributed by atoms with Gasteiger partial charge in [0.15, 0.2) is 0 Å². The van der Waals surface area contributed by atoms with Crippen LogP contribution in [0.4, 0.5) is 5.95 Å². The predicted octanol–water partition coefficient (Wildman–Crippen LogP) is 2.58. The molecular formula is C16H21N5. The Kier molecular flexibility index (Phi) is 3.82. The van der Waals surface area contributed by atoms with Gasteiger partial charge < -0.3 is 4.90 Å². The normalized spacial score (nSPS) is 18.8. The fourth-order valence-corrected chi connectivity index (χ4v) is 2.93. The standard InChI is InChI=1S/C16H21N5/c1-11-7-12(2)20-16(19-11)21-6-4-5-14(10-21)15-9-17-8-13(3)18-15/h7-9,14H,4-6,10H2,1-3H3/t14-/m1/s1. The second kappa shape index (κ2) is 5.76. The topological polar surface area (TPSA) is 54.8 Å². The van der Waals surface area contributed by atoms with Crippen molar-refractivity contribution in [2.75, 3.05) is 18.0 Å². The first-order valence-electron chi connectivity index (χ1n) is 7.47. The van der Waals surface area contributed by atoms with Crippen molar-refractivity contribution in [3.05, 3.63) is 41.2 Å². The van der Waals surface area contributed by atoms with E-state index in [4.69, 9.17) is 0 Å². The highest BCUT2D eigenvalue weighted by Gasteiger charge is 2.24. The minimum absolute atomic E-state index is 0.413. The Hall–Kier alpha value is -2.04. The van der Waals surface area contributed by atoms with Gasteiger partial charge in [-0.1, -0.05) is 0 Å². The SMILES string of the molecule is Cc1cncc([C@@H]2CCCN(c3nc(C)cc(C)n3)C2)n1. The van der Waals surface area contributed by atoms with Gasteiger partial charge in [0.05, 0.1) is 11.4 Å². The van der Waals surface area contributed by atoms with Crippen molar-refractivity contribution in [3.63, 3.8) is 0 Å². The summed E-state index contributed by atoms with van der Waals surface area (Å²) in [6.07, 6.45) is 5.98. The monoisotopic (exact) mass is 283 g/mol. The number of hydrogen-bond acceptors (Lipinski definition) is 5. The number of nitrogens with zero attached hydrogens (tertiary/aromatic N) is 5. The number of piperidine rings is 1. The van der Waals surface area contributed by atoms with Gasteiger partial charge in [-0.2, -0.15) is 0 Å². The van der Waals surface area contributed by atoms with Gasteiger partial charge in [-0.05, 0) is 39.7 Å². The van der Waals surface area contributed by atoms with E-state index in [0.29, 0.717) is 5.92 Å². The van der Waals surface area contributed by atoms with Gasteiger partial charge in [0.2, 0.25) is 5.95 Å². The molecule has 1 saturated heterocycles. The lowest BCUT2D eigenvalue weighted by molar-refractivity contribution is 0.492. The van der Waals surface area contributed by atoms with Crippen molar-refractivity contribution in [2.24, 2.45) is 0 Å². The summed E-state index contributed by atoms with van der Waals surface area (Å²) in [6, 6.07) is 2.01. The molecule has 1 aliphatic rings. The molecule has 2 aromatic heterocycles. The lowest BCUT2D eigenvalue weighted by Gasteiger charge is -2.32. The van der Waals surface area contributed by atoms with E-state index < -0.39 is 0 Å². The third-order valence-electron chi connectivity index (χ3n) is 3.87. The molecule has 0 aliphatic carbocycles. The summed E-state index contributed by atoms with van der Waals surface area (Å²) < 4.78 is 0. The van der Waals surface area contributed by atoms with E-state index in [1.165, 1.54) is 0 Å². The van der Waals surface area contributed by atoms with Crippen LogP contribution in [0, 0.1) is 20.8 Å². The molecule has 0 unspecified atom stereocenters. The van der Waals surface area contributed by atoms with E-state index >= 15 is 0 Å². The van der Waals surface area contributed by atoms with E-state index in [0.717, 1.165) is 54.7 Å². The molecule has 1 aliphatic heterocycles. The molecule has 0 amide bonds. The number of hydrogen-bond donors (Lipinski definition) is 0. The van der Waals surface area contributed by atoms with Crippen molar-refractivity contribution in [3.8, 4) is 0 Å². The van der Waals surface area contributed by atoms with Crippen LogP contribution in [0.1, 0.15) is 41.5 Å². The second-order valence-corrected chi connectivity index (χ2v) is 5.82. The van der Waals surface area contributed by atoms with Crippen LogP contribution in [0.25, 0.3) is 0 Å². The highest BCUT2D eigenvalue weighted by atomic mass is 15.3. The van der Waals surface area contributed by atoms with Crippen molar-refractivity contribution >= 4 is 5.95 Å². The average Bonchev–Trinajstić information content (AvgIpc) is 2.46. The predicted molar refractivity (Wildman–Crippen MR) is 82.5 cm³/mol. The number of rotatable bonds is 2. The fourth-order valence-electron chi connectivity index (χ4n) is 2.93. The molecule has 0 saturated carbocycles. The zero-order valence-electron chi connectivity index (χ0n) is 12.9. The second-order valence-electron chi connectivity index (χ2n) is 5.82. The van der Waals surface area contributed by atoms with Crippen molar-refractivity contribution in [1.82, 2.24) is 19.9 Å². The van der Waals surface area contributed by atoms with Crippen LogP contribution < -0.4 is 4.90 Å². The van der Waals surface area contributed by atoms with E-state index in [1.54, 1.807) is 6.20 Å². The number of anilines is 1. The van der Waals surface area contributed by atoms with E-state index in [9.17, 15) is 0 Å². The first-order chi connectivity index (χ1) is 10.1. The highest BCUT2D eigenvalue weighted by molar-refractivity contribution is 5.34. The molecule has 21 heavy (non-hydrogen) atoms. The van der Waals surface area contributed by atoms with Crippen LogP contribution in [0.15, 0.2) is 18.5 Å². The van der Waals surface area contributed by atoms with E-state index in [2.05, 4.69) is 24.8 Å². The third kappa shape index (κ3) is 3.17. The molecule has 3 rings (SSSR count). The Morgan fingerprint density at radius 1 is 1.00 bits per heavy atom. The first-order valence-corrected chi connectivity index (χ1v) is 7.47. The minimum Gasteiger partial charge on any atom is -0.340 e. The molecular weight excluding hydrogens is 262 g/mol. The largest absolute Gasteiger partial charge is 0.340 e. The zero-order chi connectivity index (χ0) is 14.8. The summed E-state index contributed by atoms with van der Waals surface area (Å²) in [5, 5.41) is 0. The molecule has 0 aromatic carbocycles.